The highest BCUT2D eigenvalue weighted by Crippen LogP contribution is 2.27. The van der Waals surface area contributed by atoms with E-state index in [2.05, 4.69) is 21.1 Å². The minimum atomic E-state index is 0.0959. The Balaban J connectivity index is 2.23. The van der Waals surface area contributed by atoms with Crippen LogP contribution in [0.15, 0.2) is 46.0 Å². The van der Waals surface area contributed by atoms with E-state index < -0.39 is 0 Å². The van der Waals surface area contributed by atoms with Crippen molar-refractivity contribution < 1.29 is 9.94 Å². The first kappa shape index (κ1) is 15.4. The first-order valence-electron chi connectivity index (χ1n) is 6.48. The van der Waals surface area contributed by atoms with Crippen LogP contribution in [-0.2, 0) is 6.61 Å². The monoisotopic (exact) mass is 348 g/mol. The highest BCUT2D eigenvalue weighted by atomic mass is 79.9. The standard InChI is InChI=1S/C16H17BrN2O2/c1-10-7-13(16(18)19-20)8-11(2)15(10)21-9-12-5-3-4-6-14(12)17/h3-8,20H,9H2,1-2H3,(H2,18,19). The topological polar surface area (TPSA) is 67.8 Å². The molecule has 0 aromatic heterocycles. The molecule has 0 aliphatic carbocycles. The summed E-state index contributed by atoms with van der Waals surface area (Å²) in [6.45, 7) is 4.36. The van der Waals surface area contributed by atoms with Crippen LogP contribution < -0.4 is 10.5 Å². The molecule has 0 atom stereocenters. The molecule has 0 aliphatic heterocycles. The SMILES string of the molecule is Cc1cc(C(N)=NO)cc(C)c1OCc1ccccc1Br. The summed E-state index contributed by atoms with van der Waals surface area (Å²) in [6, 6.07) is 11.6. The Kier molecular flexibility index (Phi) is 4.85. The van der Waals surface area contributed by atoms with Crippen LogP contribution in [0.3, 0.4) is 0 Å². The number of hydrogen-bond acceptors (Lipinski definition) is 3. The molecule has 2 aromatic rings. The summed E-state index contributed by atoms with van der Waals surface area (Å²) >= 11 is 3.51. The third kappa shape index (κ3) is 3.55. The lowest BCUT2D eigenvalue weighted by molar-refractivity contribution is 0.301. The third-order valence-electron chi connectivity index (χ3n) is 3.19. The lowest BCUT2D eigenvalue weighted by Gasteiger charge is -2.14. The van der Waals surface area contributed by atoms with Gasteiger partial charge in [-0.3, -0.25) is 0 Å². The molecular weight excluding hydrogens is 332 g/mol. The van der Waals surface area contributed by atoms with Crippen LogP contribution in [0.25, 0.3) is 0 Å². The van der Waals surface area contributed by atoms with Gasteiger partial charge in [-0.25, -0.2) is 0 Å². The Bertz CT molecular complexity index is 661. The first-order valence-corrected chi connectivity index (χ1v) is 7.27. The molecule has 3 N–H and O–H groups in total. The Morgan fingerprint density at radius 1 is 1.24 bits per heavy atom. The van der Waals surface area contributed by atoms with Crippen molar-refractivity contribution in [3.8, 4) is 5.75 Å². The Morgan fingerprint density at radius 3 is 2.43 bits per heavy atom. The quantitative estimate of drug-likeness (QED) is 0.382. The third-order valence-corrected chi connectivity index (χ3v) is 3.97. The predicted octanol–water partition coefficient (Wildman–Crippen LogP) is 3.74. The highest BCUT2D eigenvalue weighted by molar-refractivity contribution is 9.10. The molecule has 0 amide bonds. The maximum absolute atomic E-state index is 8.75. The smallest absolute Gasteiger partial charge is 0.170 e. The van der Waals surface area contributed by atoms with E-state index in [1.54, 1.807) is 0 Å². The number of aryl methyl sites for hydroxylation is 2. The lowest BCUT2D eigenvalue weighted by atomic mass is 10.1. The van der Waals surface area contributed by atoms with Gasteiger partial charge in [-0.05, 0) is 43.2 Å². The fraction of sp³-hybridized carbons (Fsp3) is 0.188. The van der Waals surface area contributed by atoms with Crippen molar-refractivity contribution in [2.45, 2.75) is 20.5 Å². The normalized spacial score (nSPS) is 11.5. The number of halogens is 1. The van der Waals surface area contributed by atoms with Gasteiger partial charge >= 0.3 is 0 Å². The number of ether oxygens (including phenoxy) is 1. The molecule has 21 heavy (non-hydrogen) atoms. The molecule has 2 aromatic carbocycles. The number of oxime groups is 1. The number of hydrogen-bond donors (Lipinski definition) is 2. The summed E-state index contributed by atoms with van der Waals surface area (Å²) in [5.41, 5.74) is 9.28. The van der Waals surface area contributed by atoms with Gasteiger partial charge in [0.15, 0.2) is 5.84 Å². The largest absolute Gasteiger partial charge is 0.488 e. The molecule has 0 saturated heterocycles. The van der Waals surface area contributed by atoms with Crippen molar-refractivity contribution in [1.82, 2.24) is 0 Å². The molecule has 0 aliphatic rings. The van der Waals surface area contributed by atoms with Gasteiger partial charge in [0.2, 0.25) is 0 Å². The van der Waals surface area contributed by atoms with E-state index in [4.69, 9.17) is 15.7 Å². The fourth-order valence-corrected chi connectivity index (χ4v) is 2.55. The molecule has 0 heterocycles. The van der Waals surface area contributed by atoms with E-state index in [0.717, 1.165) is 26.9 Å². The molecular formula is C16H17BrN2O2. The Hall–Kier alpha value is -2.01. The number of nitrogens with two attached hydrogens (primary N) is 1. The number of rotatable bonds is 4. The molecule has 0 unspecified atom stereocenters. The summed E-state index contributed by atoms with van der Waals surface area (Å²) in [6.07, 6.45) is 0. The summed E-state index contributed by atoms with van der Waals surface area (Å²) in [7, 11) is 0. The van der Waals surface area contributed by atoms with E-state index in [1.807, 2.05) is 50.2 Å². The van der Waals surface area contributed by atoms with Crippen molar-refractivity contribution in [3.05, 3.63) is 63.1 Å². The van der Waals surface area contributed by atoms with Crippen molar-refractivity contribution >= 4 is 21.8 Å². The lowest BCUT2D eigenvalue weighted by Crippen LogP contribution is -2.14. The summed E-state index contributed by atoms with van der Waals surface area (Å²) in [4.78, 5) is 0. The van der Waals surface area contributed by atoms with Gasteiger partial charge in [0.25, 0.3) is 0 Å². The zero-order valence-electron chi connectivity index (χ0n) is 11.9. The molecule has 4 nitrogen and oxygen atoms in total. The van der Waals surface area contributed by atoms with Crippen molar-refractivity contribution in [2.24, 2.45) is 10.9 Å². The van der Waals surface area contributed by atoms with Gasteiger partial charge in [0, 0.05) is 15.6 Å². The number of amidine groups is 1. The first-order chi connectivity index (χ1) is 10.0. The second-order valence-electron chi connectivity index (χ2n) is 4.80. The molecule has 0 fully saturated rings. The zero-order valence-corrected chi connectivity index (χ0v) is 13.5. The highest BCUT2D eigenvalue weighted by Gasteiger charge is 2.10. The van der Waals surface area contributed by atoms with Gasteiger partial charge in [0.05, 0.1) is 0 Å². The predicted molar refractivity (Wildman–Crippen MR) is 86.9 cm³/mol. The van der Waals surface area contributed by atoms with Crippen molar-refractivity contribution in [1.29, 1.82) is 0 Å². The van der Waals surface area contributed by atoms with Crippen molar-refractivity contribution in [3.63, 3.8) is 0 Å². The summed E-state index contributed by atoms with van der Waals surface area (Å²) in [5, 5.41) is 11.8. The van der Waals surface area contributed by atoms with E-state index in [1.165, 1.54) is 0 Å². The average molecular weight is 349 g/mol. The van der Waals surface area contributed by atoms with Crippen LogP contribution in [0.4, 0.5) is 0 Å². The van der Waals surface area contributed by atoms with E-state index in [-0.39, 0.29) is 5.84 Å². The molecule has 0 saturated carbocycles. The zero-order chi connectivity index (χ0) is 15.4. The van der Waals surface area contributed by atoms with E-state index >= 15 is 0 Å². The Morgan fingerprint density at radius 2 is 1.86 bits per heavy atom. The summed E-state index contributed by atoms with van der Waals surface area (Å²) < 4.78 is 6.95. The minimum Gasteiger partial charge on any atom is -0.488 e. The van der Waals surface area contributed by atoms with Crippen LogP contribution in [0.5, 0.6) is 5.75 Å². The molecule has 0 spiro atoms. The van der Waals surface area contributed by atoms with Crippen LogP contribution >= 0.6 is 15.9 Å². The van der Waals surface area contributed by atoms with E-state index in [9.17, 15) is 0 Å². The molecule has 0 radical (unpaired) electrons. The van der Waals surface area contributed by atoms with Crippen LogP contribution in [0.2, 0.25) is 0 Å². The maximum Gasteiger partial charge on any atom is 0.170 e. The second kappa shape index (κ2) is 6.63. The van der Waals surface area contributed by atoms with Gasteiger partial charge in [-0.15, -0.1) is 0 Å². The van der Waals surface area contributed by atoms with Gasteiger partial charge in [0.1, 0.15) is 12.4 Å². The number of nitrogens with zero attached hydrogens (tertiary/aromatic N) is 1. The molecule has 2 rings (SSSR count). The van der Waals surface area contributed by atoms with E-state index in [0.29, 0.717) is 12.2 Å². The van der Waals surface area contributed by atoms with Crippen molar-refractivity contribution in [2.75, 3.05) is 0 Å². The Labute approximate surface area is 132 Å². The fourth-order valence-electron chi connectivity index (χ4n) is 2.15. The van der Waals surface area contributed by atoms with Crippen LogP contribution in [-0.4, -0.2) is 11.0 Å². The van der Waals surface area contributed by atoms with Crippen LogP contribution in [0.1, 0.15) is 22.3 Å². The number of benzene rings is 2. The van der Waals surface area contributed by atoms with Gasteiger partial charge in [-0.1, -0.05) is 39.3 Å². The molecule has 5 heteroatoms. The summed E-state index contributed by atoms with van der Waals surface area (Å²) in [5.74, 6) is 0.916. The second-order valence-corrected chi connectivity index (χ2v) is 5.66. The maximum atomic E-state index is 8.75. The molecule has 0 bridgehead atoms. The van der Waals surface area contributed by atoms with Gasteiger partial charge in [-0.2, -0.15) is 0 Å². The van der Waals surface area contributed by atoms with Gasteiger partial charge < -0.3 is 15.7 Å². The van der Waals surface area contributed by atoms with Crippen LogP contribution in [0, 0.1) is 13.8 Å². The average Bonchev–Trinajstić information content (AvgIpc) is 2.47. The minimum absolute atomic E-state index is 0.0959. The molecule has 110 valence electrons.